The smallest absolute Gasteiger partial charge is 0.124 e. The summed E-state index contributed by atoms with van der Waals surface area (Å²) in [6.07, 6.45) is 2.75. The fourth-order valence-corrected chi connectivity index (χ4v) is 2.66. The molecule has 2 aromatic rings. The van der Waals surface area contributed by atoms with Crippen molar-refractivity contribution in [1.29, 1.82) is 0 Å². The largest absolute Gasteiger partial charge is 0.388 e. The Labute approximate surface area is 119 Å². The van der Waals surface area contributed by atoms with Gasteiger partial charge in [0.25, 0.3) is 0 Å². The summed E-state index contributed by atoms with van der Waals surface area (Å²) in [5.74, 6) is -0.348. The molecule has 2 nitrogen and oxygen atoms in total. The first-order valence-corrected chi connectivity index (χ1v) is 6.70. The molecule has 2 unspecified atom stereocenters. The molecule has 1 N–H and O–H groups in total. The van der Waals surface area contributed by atoms with Gasteiger partial charge in [-0.15, -0.1) is 0 Å². The highest BCUT2D eigenvalue weighted by Crippen LogP contribution is 2.32. The van der Waals surface area contributed by atoms with Gasteiger partial charge in [0.15, 0.2) is 0 Å². The molecule has 4 heteroatoms. The topological polar surface area (TPSA) is 33.1 Å². The first-order valence-electron chi connectivity index (χ1n) is 5.62. The summed E-state index contributed by atoms with van der Waals surface area (Å²) >= 11 is 2.04. The van der Waals surface area contributed by atoms with Crippen molar-refractivity contribution in [1.82, 2.24) is 4.98 Å². The zero-order valence-electron chi connectivity index (χ0n) is 9.85. The molecule has 1 aromatic carbocycles. The molecular formula is C14H13FINO. The van der Waals surface area contributed by atoms with Crippen LogP contribution in [0.2, 0.25) is 0 Å². The van der Waals surface area contributed by atoms with Crippen molar-refractivity contribution < 1.29 is 9.50 Å². The van der Waals surface area contributed by atoms with Gasteiger partial charge in [0.1, 0.15) is 5.82 Å². The Balaban J connectivity index is 2.28. The molecule has 0 saturated carbocycles. The Morgan fingerprint density at radius 2 is 1.89 bits per heavy atom. The number of hydrogen-bond donors (Lipinski definition) is 1. The van der Waals surface area contributed by atoms with Gasteiger partial charge in [0, 0.05) is 21.9 Å². The molecule has 0 spiro atoms. The zero-order chi connectivity index (χ0) is 13.1. The van der Waals surface area contributed by atoms with Crippen molar-refractivity contribution in [3.63, 3.8) is 0 Å². The number of nitrogens with zero attached hydrogens (tertiary/aromatic N) is 1. The molecule has 0 radical (unpaired) electrons. The molecular weight excluding hydrogens is 344 g/mol. The lowest BCUT2D eigenvalue weighted by molar-refractivity contribution is 0.150. The predicted octanol–water partition coefficient (Wildman–Crippen LogP) is 3.66. The average Bonchev–Trinajstić information content (AvgIpc) is 2.38. The van der Waals surface area contributed by atoms with Crippen molar-refractivity contribution >= 4 is 22.6 Å². The summed E-state index contributed by atoms with van der Waals surface area (Å²) in [5, 5.41) is 10.4. The molecule has 0 saturated heterocycles. The van der Waals surface area contributed by atoms with Gasteiger partial charge in [0.2, 0.25) is 0 Å². The highest BCUT2D eigenvalue weighted by Gasteiger charge is 2.20. The van der Waals surface area contributed by atoms with Crippen LogP contribution in [0.15, 0.2) is 42.7 Å². The molecule has 1 heterocycles. The van der Waals surface area contributed by atoms with Crippen LogP contribution in [0, 0.1) is 9.39 Å². The lowest BCUT2D eigenvalue weighted by Gasteiger charge is -2.20. The average molecular weight is 357 g/mol. The predicted molar refractivity (Wildman–Crippen MR) is 76.7 cm³/mol. The van der Waals surface area contributed by atoms with Crippen molar-refractivity contribution in [2.45, 2.75) is 18.9 Å². The summed E-state index contributed by atoms with van der Waals surface area (Å²) in [6.45, 7) is 1.94. The van der Waals surface area contributed by atoms with E-state index in [0.717, 1.165) is 14.7 Å². The van der Waals surface area contributed by atoms with Crippen molar-refractivity contribution in [2.24, 2.45) is 0 Å². The first kappa shape index (κ1) is 13.4. The molecule has 0 aliphatic carbocycles. The lowest BCUT2D eigenvalue weighted by atomic mass is 9.91. The number of aliphatic hydroxyl groups is 1. The van der Waals surface area contributed by atoms with Gasteiger partial charge in [0.05, 0.1) is 6.10 Å². The first-order chi connectivity index (χ1) is 8.59. The van der Waals surface area contributed by atoms with Gasteiger partial charge in [-0.05, 0) is 58.0 Å². The normalized spacial score (nSPS) is 14.2. The van der Waals surface area contributed by atoms with Crippen LogP contribution in [0.1, 0.15) is 30.1 Å². The number of aliphatic hydroxyl groups excluding tert-OH is 1. The van der Waals surface area contributed by atoms with E-state index < -0.39 is 6.10 Å². The highest BCUT2D eigenvalue weighted by atomic mass is 127. The number of pyridine rings is 1. The Bertz CT molecular complexity index is 533. The molecule has 0 bridgehead atoms. The van der Waals surface area contributed by atoms with Crippen molar-refractivity contribution in [2.75, 3.05) is 0 Å². The molecule has 1 aromatic heterocycles. The van der Waals surface area contributed by atoms with E-state index in [4.69, 9.17) is 0 Å². The maximum atomic E-state index is 13.0. The molecule has 18 heavy (non-hydrogen) atoms. The third kappa shape index (κ3) is 2.87. The van der Waals surface area contributed by atoms with Gasteiger partial charge in [-0.2, -0.15) is 0 Å². The zero-order valence-corrected chi connectivity index (χ0v) is 12.0. The van der Waals surface area contributed by atoms with E-state index in [1.165, 1.54) is 12.1 Å². The standard InChI is InChI=1S/C14H13FINO/c1-9(10-4-6-17-7-5-10)14(18)12-3-2-11(15)8-13(12)16/h2-9,14,18H,1H3. The molecule has 2 atom stereocenters. The number of rotatable bonds is 3. The fraction of sp³-hybridized carbons (Fsp3) is 0.214. The SMILES string of the molecule is CC(c1ccncc1)C(O)c1ccc(F)cc1I. The van der Waals surface area contributed by atoms with Crippen LogP contribution < -0.4 is 0 Å². The van der Waals surface area contributed by atoms with E-state index in [9.17, 15) is 9.50 Å². The molecule has 0 aliphatic rings. The number of halogens is 2. The molecule has 0 fully saturated rings. The van der Waals surface area contributed by atoms with Crippen molar-refractivity contribution in [3.8, 4) is 0 Å². The van der Waals surface area contributed by atoms with Gasteiger partial charge < -0.3 is 5.11 Å². The van der Waals surface area contributed by atoms with Gasteiger partial charge in [-0.1, -0.05) is 13.0 Å². The van der Waals surface area contributed by atoms with Crippen LogP contribution in [0.25, 0.3) is 0 Å². The van der Waals surface area contributed by atoms with Gasteiger partial charge in [-0.3, -0.25) is 4.98 Å². The summed E-state index contributed by atoms with van der Waals surface area (Å²) in [6, 6.07) is 8.20. The van der Waals surface area contributed by atoms with Crippen LogP contribution in [-0.4, -0.2) is 10.1 Å². The third-order valence-corrected chi connectivity index (χ3v) is 3.92. The second kappa shape index (κ2) is 5.75. The maximum Gasteiger partial charge on any atom is 0.124 e. The lowest BCUT2D eigenvalue weighted by Crippen LogP contribution is -2.09. The molecule has 2 rings (SSSR count). The maximum absolute atomic E-state index is 13.0. The molecule has 0 amide bonds. The van der Waals surface area contributed by atoms with Crippen LogP contribution in [-0.2, 0) is 0 Å². The quantitative estimate of drug-likeness (QED) is 0.851. The summed E-state index contributed by atoms with van der Waals surface area (Å²) < 4.78 is 13.8. The van der Waals surface area contributed by atoms with E-state index in [1.807, 2.05) is 41.6 Å². The highest BCUT2D eigenvalue weighted by molar-refractivity contribution is 14.1. The van der Waals surface area contributed by atoms with Crippen LogP contribution in [0.5, 0.6) is 0 Å². The molecule has 94 valence electrons. The minimum absolute atomic E-state index is 0.0630. The van der Waals surface area contributed by atoms with Crippen LogP contribution in [0.3, 0.4) is 0 Å². The van der Waals surface area contributed by atoms with Gasteiger partial charge in [-0.25, -0.2) is 4.39 Å². The number of hydrogen-bond acceptors (Lipinski definition) is 2. The molecule has 0 aliphatic heterocycles. The summed E-state index contributed by atoms with van der Waals surface area (Å²) in [5.41, 5.74) is 1.76. The van der Waals surface area contributed by atoms with Crippen LogP contribution in [0.4, 0.5) is 4.39 Å². The summed E-state index contributed by atoms with van der Waals surface area (Å²) in [7, 11) is 0. The Morgan fingerprint density at radius 1 is 1.22 bits per heavy atom. The monoisotopic (exact) mass is 357 g/mol. The van der Waals surface area contributed by atoms with Crippen molar-refractivity contribution in [3.05, 3.63) is 63.2 Å². The number of benzene rings is 1. The Hall–Kier alpha value is -1.01. The van der Waals surface area contributed by atoms with E-state index >= 15 is 0 Å². The minimum atomic E-state index is -0.653. The van der Waals surface area contributed by atoms with E-state index in [2.05, 4.69) is 4.98 Å². The van der Waals surface area contributed by atoms with Gasteiger partial charge >= 0.3 is 0 Å². The summed E-state index contributed by atoms with van der Waals surface area (Å²) in [4.78, 5) is 3.96. The van der Waals surface area contributed by atoms with E-state index in [0.29, 0.717) is 0 Å². The fourth-order valence-electron chi connectivity index (χ4n) is 1.86. The van der Waals surface area contributed by atoms with E-state index in [-0.39, 0.29) is 11.7 Å². The van der Waals surface area contributed by atoms with Crippen LogP contribution >= 0.6 is 22.6 Å². The number of aromatic nitrogens is 1. The van der Waals surface area contributed by atoms with E-state index in [1.54, 1.807) is 18.5 Å². The Morgan fingerprint density at radius 3 is 2.50 bits per heavy atom. The Kier molecular flexibility index (Phi) is 4.29. The third-order valence-electron chi connectivity index (χ3n) is 2.99. The second-order valence-corrected chi connectivity index (χ2v) is 5.34. The second-order valence-electron chi connectivity index (χ2n) is 4.18. The minimum Gasteiger partial charge on any atom is -0.388 e.